The molecule has 0 saturated carbocycles. The Labute approximate surface area is 86.3 Å². The molecule has 1 rings (SSSR count). The van der Waals surface area contributed by atoms with Gasteiger partial charge in [0.1, 0.15) is 5.76 Å². The molecule has 0 radical (unpaired) electrons. The van der Waals surface area contributed by atoms with E-state index in [9.17, 15) is 9.59 Å². The third-order valence-corrected chi connectivity index (χ3v) is 1.85. The molecule has 82 valence electrons. The predicted octanol–water partition coefficient (Wildman–Crippen LogP) is 0.434. The summed E-state index contributed by atoms with van der Waals surface area (Å²) >= 11 is 0. The van der Waals surface area contributed by atoms with Gasteiger partial charge in [0, 0.05) is 12.6 Å². The molecule has 1 heterocycles. The molecule has 0 aromatic carbocycles. The Balaban J connectivity index is 2.47. The van der Waals surface area contributed by atoms with Gasteiger partial charge in [-0.05, 0) is 6.92 Å². The maximum absolute atomic E-state index is 11.4. The van der Waals surface area contributed by atoms with Crippen LogP contribution in [-0.4, -0.2) is 28.7 Å². The van der Waals surface area contributed by atoms with Crippen LogP contribution < -0.4 is 5.32 Å². The van der Waals surface area contributed by atoms with Gasteiger partial charge in [-0.25, -0.2) is 0 Å². The smallest absolute Gasteiger partial charge is 0.308 e. The molecule has 1 aromatic rings. The fourth-order valence-corrected chi connectivity index (χ4v) is 0.897. The zero-order valence-electron chi connectivity index (χ0n) is 8.48. The lowest BCUT2D eigenvalue weighted by atomic mass is 10.2. The van der Waals surface area contributed by atoms with Crippen molar-refractivity contribution in [3.8, 4) is 0 Å². The van der Waals surface area contributed by atoms with Gasteiger partial charge in [-0.3, -0.25) is 9.59 Å². The van der Waals surface area contributed by atoms with Crippen molar-refractivity contribution in [1.82, 2.24) is 10.5 Å². The summed E-state index contributed by atoms with van der Waals surface area (Å²) in [6.45, 7) is 3.25. The summed E-state index contributed by atoms with van der Waals surface area (Å²) < 4.78 is 4.71. The summed E-state index contributed by atoms with van der Waals surface area (Å²) in [7, 11) is 0. The standard InChI is InChI=1S/C9H12N2O4/c1-5(9(13)14)4-10-8(12)7-3-6(2)15-11-7/h3,5H,4H2,1-2H3,(H,10,12)(H,13,14). The number of carbonyl (C=O) groups is 2. The first-order valence-corrected chi connectivity index (χ1v) is 4.45. The average Bonchev–Trinajstić information content (AvgIpc) is 2.60. The van der Waals surface area contributed by atoms with Crippen LogP contribution in [0.4, 0.5) is 0 Å². The van der Waals surface area contributed by atoms with Gasteiger partial charge in [-0.1, -0.05) is 12.1 Å². The van der Waals surface area contributed by atoms with E-state index in [-0.39, 0.29) is 12.2 Å². The molecule has 0 saturated heterocycles. The Morgan fingerprint density at radius 3 is 2.80 bits per heavy atom. The normalized spacial score (nSPS) is 12.1. The third-order valence-electron chi connectivity index (χ3n) is 1.85. The molecule has 0 fully saturated rings. The minimum Gasteiger partial charge on any atom is -0.481 e. The topological polar surface area (TPSA) is 92.4 Å². The van der Waals surface area contributed by atoms with E-state index in [0.29, 0.717) is 5.76 Å². The molecule has 0 bridgehead atoms. The molecule has 1 atom stereocenters. The summed E-state index contributed by atoms with van der Waals surface area (Å²) in [6, 6.07) is 1.49. The summed E-state index contributed by atoms with van der Waals surface area (Å²) in [5.41, 5.74) is 0.157. The van der Waals surface area contributed by atoms with E-state index in [1.807, 2.05) is 0 Å². The van der Waals surface area contributed by atoms with Crippen LogP contribution in [-0.2, 0) is 4.79 Å². The van der Waals surface area contributed by atoms with Gasteiger partial charge in [0.25, 0.3) is 5.91 Å². The van der Waals surface area contributed by atoms with E-state index in [4.69, 9.17) is 9.63 Å². The molecule has 6 heteroatoms. The number of carboxylic acids is 1. The predicted molar refractivity (Wildman–Crippen MR) is 50.4 cm³/mol. The number of hydrogen-bond acceptors (Lipinski definition) is 4. The van der Waals surface area contributed by atoms with E-state index < -0.39 is 17.8 Å². The molecule has 0 spiro atoms. The first-order valence-electron chi connectivity index (χ1n) is 4.45. The van der Waals surface area contributed by atoms with Crippen LogP contribution in [0.25, 0.3) is 0 Å². The highest BCUT2D eigenvalue weighted by molar-refractivity contribution is 5.92. The molecular formula is C9H12N2O4. The van der Waals surface area contributed by atoms with Crippen molar-refractivity contribution in [2.75, 3.05) is 6.54 Å². The molecule has 2 N–H and O–H groups in total. The van der Waals surface area contributed by atoms with E-state index >= 15 is 0 Å². The number of aryl methyl sites for hydroxylation is 1. The van der Waals surface area contributed by atoms with E-state index in [1.54, 1.807) is 6.92 Å². The van der Waals surface area contributed by atoms with Gasteiger partial charge in [-0.15, -0.1) is 0 Å². The first kappa shape index (κ1) is 11.2. The number of rotatable bonds is 4. The maximum Gasteiger partial charge on any atom is 0.308 e. The van der Waals surface area contributed by atoms with Gasteiger partial charge in [-0.2, -0.15) is 0 Å². The monoisotopic (exact) mass is 212 g/mol. The van der Waals surface area contributed by atoms with Crippen LogP contribution in [0.1, 0.15) is 23.2 Å². The molecule has 6 nitrogen and oxygen atoms in total. The molecule has 0 aliphatic heterocycles. The Kier molecular flexibility index (Phi) is 3.43. The van der Waals surface area contributed by atoms with E-state index in [1.165, 1.54) is 13.0 Å². The van der Waals surface area contributed by atoms with Gasteiger partial charge in [0.2, 0.25) is 0 Å². The number of carbonyl (C=O) groups excluding carboxylic acids is 1. The average molecular weight is 212 g/mol. The van der Waals surface area contributed by atoms with Gasteiger partial charge >= 0.3 is 5.97 Å². The van der Waals surface area contributed by atoms with Crippen molar-refractivity contribution >= 4 is 11.9 Å². The van der Waals surface area contributed by atoms with Crippen LogP contribution >= 0.6 is 0 Å². The fourth-order valence-electron chi connectivity index (χ4n) is 0.897. The van der Waals surface area contributed by atoms with Crippen molar-refractivity contribution in [2.45, 2.75) is 13.8 Å². The summed E-state index contributed by atoms with van der Waals surface area (Å²) in [5.74, 6) is -1.47. The highest BCUT2D eigenvalue weighted by Gasteiger charge is 2.15. The second-order valence-corrected chi connectivity index (χ2v) is 3.27. The maximum atomic E-state index is 11.4. The first-order chi connectivity index (χ1) is 7.00. The Morgan fingerprint density at radius 1 is 1.67 bits per heavy atom. The minimum atomic E-state index is -0.952. The second kappa shape index (κ2) is 4.59. The number of nitrogens with zero attached hydrogens (tertiary/aromatic N) is 1. The lowest BCUT2D eigenvalue weighted by molar-refractivity contribution is -0.140. The lowest BCUT2D eigenvalue weighted by Gasteiger charge is -2.06. The lowest BCUT2D eigenvalue weighted by Crippen LogP contribution is -2.31. The van der Waals surface area contributed by atoms with Gasteiger partial charge in [0.05, 0.1) is 5.92 Å². The van der Waals surface area contributed by atoms with Crippen LogP contribution in [0.3, 0.4) is 0 Å². The Morgan fingerprint density at radius 2 is 2.33 bits per heavy atom. The number of nitrogens with one attached hydrogen (secondary N) is 1. The molecule has 1 aromatic heterocycles. The highest BCUT2D eigenvalue weighted by Crippen LogP contribution is 2.01. The van der Waals surface area contributed by atoms with Crippen molar-refractivity contribution in [3.63, 3.8) is 0 Å². The Bertz CT molecular complexity index is 372. The highest BCUT2D eigenvalue weighted by atomic mass is 16.5. The molecule has 0 aliphatic carbocycles. The quantitative estimate of drug-likeness (QED) is 0.755. The summed E-state index contributed by atoms with van der Waals surface area (Å²) in [6.07, 6.45) is 0. The van der Waals surface area contributed by atoms with Crippen molar-refractivity contribution in [2.24, 2.45) is 5.92 Å². The number of amides is 1. The molecule has 1 amide bonds. The van der Waals surface area contributed by atoms with Crippen molar-refractivity contribution < 1.29 is 19.2 Å². The SMILES string of the molecule is Cc1cc(C(=O)NCC(C)C(=O)O)no1. The zero-order chi connectivity index (χ0) is 11.4. The second-order valence-electron chi connectivity index (χ2n) is 3.27. The Hall–Kier alpha value is -1.85. The molecule has 0 aliphatic rings. The van der Waals surface area contributed by atoms with Gasteiger partial charge < -0.3 is 14.9 Å². The van der Waals surface area contributed by atoms with Crippen molar-refractivity contribution in [3.05, 3.63) is 17.5 Å². The number of aromatic nitrogens is 1. The van der Waals surface area contributed by atoms with Crippen molar-refractivity contribution in [1.29, 1.82) is 0 Å². The van der Waals surface area contributed by atoms with Crippen LogP contribution in [0.15, 0.2) is 10.6 Å². The summed E-state index contributed by atoms with van der Waals surface area (Å²) in [4.78, 5) is 21.8. The minimum absolute atomic E-state index is 0.0695. The van der Waals surface area contributed by atoms with E-state index in [2.05, 4.69) is 10.5 Å². The largest absolute Gasteiger partial charge is 0.481 e. The van der Waals surface area contributed by atoms with Crippen LogP contribution in [0.5, 0.6) is 0 Å². The molecule has 1 unspecified atom stereocenters. The van der Waals surface area contributed by atoms with E-state index in [0.717, 1.165) is 0 Å². The molecular weight excluding hydrogens is 200 g/mol. The number of hydrogen-bond donors (Lipinski definition) is 2. The number of carboxylic acid groups (broad SMARTS) is 1. The van der Waals surface area contributed by atoms with Gasteiger partial charge in [0.15, 0.2) is 5.69 Å². The zero-order valence-corrected chi connectivity index (χ0v) is 8.48. The summed E-state index contributed by atoms with van der Waals surface area (Å²) in [5, 5.41) is 14.5. The number of aliphatic carboxylic acids is 1. The van der Waals surface area contributed by atoms with Crippen LogP contribution in [0.2, 0.25) is 0 Å². The van der Waals surface area contributed by atoms with Crippen LogP contribution in [0, 0.1) is 12.8 Å². The third kappa shape index (κ3) is 3.08. The molecule has 15 heavy (non-hydrogen) atoms. The fraction of sp³-hybridized carbons (Fsp3) is 0.444.